The maximum atomic E-state index is 12.3. The van der Waals surface area contributed by atoms with Crippen molar-refractivity contribution in [3.05, 3.63) is 35.4 Å². The third-order valence-electron chi connectivity index (χ3n) is 4.70. The van der Waals surface area contributed by atoms with Gasteiger partial charge in [-0.3, -0.25) is 9.69 Å². The molecule has 3 rings (SSSR count). The van der Waals surface area contributed by atoms with Gasteiger partial charge >= 0.3 is 0 Å². The number of nitrogens with zero attached hydrogens (tertiary/aromatic N) is 1. The molecule has 3 unspecified atom stereocenters. The van der Waals surface area contributed by atoms with E-state index >= 15 is 0 Å². The summed E-state index contributed by atoms with van der Waals surface area (Å²) in [6, 6.07) is 8.86. The first kappa shape index (κ1) is 14.5. The average molecular weight is 287 g/mol. The lowest BCUT2D eigenvalue weighted by Crippen LogP contribution is -2.42. The average Bonchev–Trinajstić information content (AvgIpc) is 3.23. The van der Waals surface area contributed by atoms with Crippen LogP contribution in [0.3, 0.4) is 0 Å². The van der Waals surface area contributed by atoms with Crippen molar-refractivity contribution < 1.29 is 4.79 Å². The van der Waals surface area contributed by atoms with Crippen molar-refractivity contribution in [2.75, 3.05) is 6.54 Å². The molecule has 4 nitrogen and oxygen atoms in total. The smallest absolute Gasteiger partial charge is 0.241 e. The summed E-state index contributed by atoms with van der Waals surface area (Å²) in [6.45, 7) is 5.25. The molecule has 1 saturated carbocycles. The van der Waals surface area contributed by atoms with E-state index in [-0.39, 0.29) is 11.9 Å². The number of hydrogen-bond acceptors (Lipinski definition) is 3. The van der Waals surface area contributed by atoms with Gasteiger partial charge in [0.05, 0.1) is 0 Å². The van der Waals surface area contributed by atoms with Gasteiger partial charge in [0.1, 0.15) is 6.04 Å². The van der Waals surface area contributed by atoms with Crippen molar-refractivity contribution in [3.8, 4) is 0 Å². The van der Waals surface area contributed by atoms with E-state index in [0.717, 1.165) is 24.6 Å². The summed E-state index contributed by atoms with van der Waals surface area (Å²) in [5.41, 5.74) is 8.14. The van der Waals surface area contributed by atoms with Gasteiger partial charge in [-0.1, -0.05) is 29.8 Å². The van der Waals surface area contributed by atoms with Gasteiger partial charge in [-0.2, -0.15) is 0 Å². The first-order valence-electron chi connectivity index (χ1n) is 7.93. The van der Waals surface area contributed by atoms with Gasteiger partial charge in [0.25, 0.3) is 0 Å². The Morgan fingerprint density at radius 3 is 2.62 bits per heavy atom. The van der Waals surface area contributed by atoms with Gasteiger partial charge in [-0.25, -0.2) is 0 Å². The number of nitrogens with one attached hydrogen (secondary N) is 1. The summed E-state index contributed by atoms with van der Waals surface area (Å²) >= 11 is 0. The van der Waals surface area contributed by atoms with Gasteiger partial charge in [0.15, 0.2) is 0 Å². The Labute approximate surface area is 126 Å². The van der Waals surface area contributed by atoms with E-state index in [1.54, 1.807) is 0 Å². The topological polar surface area (TPSA) is 58.4 Å². The highest BCUT2D eigenvalue weighted by atomic mass is 16.2. The van der Waals surface area contributed by atoms with Crippen molar-refractivity contribution in [1.29, 1.82) is 0 Å². The van der Waals surface area contributed by atoms with E-state index in [1.807, 2.05) is 31.2 Å². The van der Waals surface area contributed by atoms with Crippen molar-refractivity contribution >= 4 is 5.91 Å². The van der Waals surface area contributed by atoms with Crippen LogP contribution in [0.25, 0.3) is 0 Å². The summed E-state index contributed by atoms with van der Waals surface area (Å²) in [5, 5.41) is 3.13. The normalized spacial score (nSPS) is 27.6. The Morgan fingerprint density at radius 2 is 2.00 bits per heavy atom. The molecule has 3 atom stereocenters. The Morgan fingerprint density at radius 1 is 1.33 bits per heavy atom. The molecule has 1 saturated heterocycles. The fourth-order valence-corrected chi connectivity index (χ4v) is 3.29. The van der Waals surface area contributed by atoms with Crippen LogP contribution in [0.15, 0.2) is 24.3 Å². The molecular weight excluding hydrogens is 262 g/mol. The number of rotatable bonds is 4. The van der Waals surface area contributed by atoms with Crippen LogP contribution in [0.5, 0.6) is 0 Å². The number of hydrogen-bond donors (Lipinski definition) is 2. The molecule has 1 aliphatic heterocycles. The zero-order valence-corrected chi connectivity index (χ0v) is 12.9. The number of carbonyl (C=O) groups excluding carboxylic acids is 1. The van der Waals surface area contributed by atoms with E-state index in [0.29, 0.717) is 6.04 Å². The van der Waals surface area contributed by atoms with Crippen molar-refractivity contribution in [2.24, 2.45) is 5.73 Å². The zero-order valence-electron chi connectivity index (χ0n) is 12.9. The molecule has 0 aromatic heterocycles. The van der Waals surface area contributed by atoms with E-state index in [4.69, 9.17) is 5.73 Å². The number of aryl methyl sites for hydroxylation is 1. The molecule has 21 heavy (non-hydrogen) atoms. The summed E-state index contributed by atoms with van der Waals surface area (Å²) < 4.78 is 0. The van der Waals surface area contributed by atoms with Crippen LogP contribution < -0.4 is 11.1 Å². The lowest BCUT2D eigenvalue weighted by Gasteiger charge is -2.20. The highest BCUT2D eigenvalue weighted by molar-refractivity contribution is 5.83. The minimum Gasteiger partial charge on any atom is -0.350 e. The summed E-state index contributed by atoms with van der Waals surface area (Å²) in [6.07, 6.45) is 3.66. The Bertz CT molecular complexity index is 509. The second kappa shape index (κ2) is 5.78. The van der Waals surface area contributed by atoms with Gasteiger partial charge in [0.2, 0.25) is 5.91 Å². The van der Waals surface area contributed by atoms with Crippen molar-refractivity contribution in [1.82, 2.24) is 10.2 Å². The number of nitrogens with two attached hydrogens (primary N) is 1. The molecule has 1 aromatic carbocycles. The van der Waals surface area contributed by atoms with Gasteiger partial charge < -0.3 is 11.1 Å². The van der Waals surface area contributed by atoms with Gasteiger partial charge in [-0.15, -0.1) is 0 Å². The molecule has 2 fully saturated rings. The highest BCUT2D eigenvalue weighted by Crippen LogP contribution is 2.33. The molecule has 1 amide bonds. The van der Waals surface area contributed by atoms with E-state index in [1.165, 1.54) is 18.4 Å². The van der Waals surface area contributed by atoms with Gasteiger partial charge in [-0.05, 0) is 38.7 Å². The minimum absolute atomic E-state index is 0.0614. The summed E-state index contributed by atoms with van der Waals surface area (Å²) in [4.78, 5) is 14.9. The van der Waals surface area contributed by atoms with Crippen LogP contribution in [0, 0.1) is 6.92 Å². The Hall–Kier alpha value is -1.39. The second-order valence-corrected chi connectivity index (χ2v) is 6.61. The number of carbonyl (C=O) groups is 1. The standard InChI is InChI=1S/C17H25N3O/c1-11-3-5-13(6-4-11)16(18)17(21)19-14-9-12(2)20(10-14)15-7-8-15/h3-6,12,14-16H,7-10,18H2,1-2H3,(H,19,21). The first-order chi connectivity index (χ1) is 10.0. The quantitative estimate of drug-likeness (QED) is 0.887. The molecule has 3 N–H and O–H groups in total. The molecule has 1 aromatic rings. The molecule has 0 spiro atoms. The molecule has 114 valence electrons. The van der Waals surface area contributed by atoms with Crippen LogP contribution in [0.1, 0.15) is 43.4 Å². The molecule has 1 aliphatic carbocycles. The predicted octanol–water partition coefficient (Wildman–Crippen LogP) is 1.74. The molecule has 2 aliphatic rings. The molecule has 1 heterocycles. The van der Waals surface area contributed by atoms with Crippen LogP contribution in [0.4, 0.5) is 0 Å². The molecule has 4 heteroatoms. The fourth-order valence-electron chi connectivity index (χ4n) is 3.29. The molecular formula is C17H25N3O. The zero-order chi connectivity index (χ0) is 15.0. The van der Waals surface area contributed by atoms with Crippen LogP contribution in [-0.4, -0.2) is 35.5 Å². The number of amides is 1. The van der Waals surface area contributed by atoms with E-state index < -0.39 is 6.04 Å². The monoisotopic (exact) mass is 287 g/mol. The number of benzene rings is 1. The SMILES string of the molecule is Cc1ccc(C(N)C(=O)NC2CC(C)N(C3CC3)C2)cc1. The van der Waals surface area contributed by atoms with E-state index in [9.17, 15) is 4.79 Å². The fraction of sp³-hybridized carbons (Fsp3) is 0.588. The van der Waals surface area contributed by atoms with Crippen LogP contribution in [-0.2, 0) is 4.79 Å². The van der Waals surface area contributed by atoms with E-state index in [2.05, 4.69) is 17.1 Å². The van der Waals surface area contributed by atoms with Crippen molar-refractivity contribution in [3.63, 3.8) is 0 Å². The second-order valence-electron chi connectivity index (χ2n) is 6.61. The van der Waals surface area contributed by atoms with Crippen LogP contribution in [0.2, 0.25) is 0 Å². The lowest BCUT2D eigenvalue weighted by molar-refractivity contribution is -0.123. The Balaban J connectivity index is 1.57. The maximum Gasteiger partial charge on any atom is 0.241 e. The third-order valence-corrected chi connectivity index (χ3v) is 4.70. The van der Waals surface area contributed by atoms with Crippen LogP contribution >= 0.6 is 0 Å². The summed E-state index contributed by atoms with van der Waals surface area (Å²) in [7, 11) is 0. The highest BCUT2D eigenvalue weighted by Gasteiger charge is 2.39. The molecule has 0 bridgehead atoms. The molecule has 0 radical (unpaired) electrons. The van der Waals surface area contributed by atoms with Crippen molar-refractivity contribution in [2.45, 2.75) is 57.3 Å². The third kappa shape index (κ3) is 3.27. The number of likely N-dealkylation sites (tertiary alicyclic amines) is 1. The summed E-state index contributed by atoms with van der Waals surface area (Å²) in [5.74, 6) is -0.0614. The first-order valence-corrected chi connectivity index (χ1v) is 7.93. The minimum atomic E-state index is -0.573. The Kier molecular flexibility index (Phi) is 4.00. The lowest BCUT2D eigenvalue weighted by atomic mass is 10.0. The largest absolute Gasteiger partial charge is 0.350 e. The maximum absolute atomic E-state index is 12.3. The van der Waals surface area contributed by atoms with Gasteiger partial charge in [0, 0.05) is 24.7 Å². The predicted molar refractivity (Wildman–Crippen MR) is 83.8 cm³/mol.